The van der Waals surface area contributed by atoms with Crippen LogP contribution in [0.2, 0.25) is 0 Å². The van der Waals surface area contributed by atoms with Crippen LogP contribution in [0.15, 0.2) is 0 Å². The Morgan fingerprint density at radius 2 is 1.52 bits per heavy atom. The Kier molecular flexibility index (Phi) is 15.5. The zero-order valence-corrected chi connectivity index (χ0v) is 33.5. The fourth-order valence-corrected chi connectivity index (χ4v) is 8.22. The van der Waals surface area contributed by atoms with Crippen LogP contribution in [0, 0.1) is 17.8 Å². The molecule has 0 radical (unpaired) electrons. The zero-order chi connectivity index (χ0) is 39.5. The van der Waals surface area contributed by atoms with Crippen LogP contribution in [0.4, 0.5) is 0 Å². The first-order chi connectivity index (χ1) is 24.1. The number of hydrogen-bond donors (Lipinski definition) is 6. The Labute approximate surface area is 309 Å². The molecule has 6 N–H and O–H groups in total. The van der Waals surface area contributed by atoms with Gasteiger partial charge in [-0.25, -0.2) is 0 Å². The Balaban J connectivity index is 2.21. The summed E-state index contributed by atoms with van der Waals surface area (Å²) in [4.78, 5) is 27.9. The number of cyclic esters (lactones) is 1. The van der Waals surface area contributed by atoms with Gasteiger partial charge in [0.05, 0.1) is 47.6 Å². The van der Waals surface area contributed by atoms with Gasteiger partial charge in [0.25, 0.3) is 0 Å². The molecule has 0 aromatic rings. The molecule has 0 aliphatic carbocycles. The molecule has 52 heavy (non-hydrogen) atoms. The molecule has 0 saturated carbocycles. The molecule has 0 bridgehead atoms. The Hall–Kier alpha value is -1.50. The van der Waals surface area contributed by atoms with Crippen LogP contribution < -0.4 is 10.6 Å². The number of esters is 1. The molecule has 3 aliphatic heterocycles. The molecule has 1 amide bonds. The smallest absolute Gasteiger partial charge is 0.311 e. The number of likely N-dealkylation sites (N-methyl/N-ethyl adjacent to an activating group) is 1. The maximum absolute atomic E-state index is 14.2. The minimum absolute atomic E-state index is 0.103. The van der Waals surface area contributed by atoms with Gasteiger partial charge in [-0.3, -0.25) is 9.59 Å². The van der Waals surface area contributed by atoms with Crippen molar-refractivity contribution in [3.63, 3.8) is 0 Å². The highest BCUT2D eigenvalue weighted by atomic mass is 16.7. The number of ether oxygens (including phenoxy) is 7. The van der Waals surface area contributed by atoms with Gasteiger partial charge in [-0.1, -0.05) is 20.8 Å². The van der Waals surface area contributed by atoms with E-state index in [9.17, 15) is 30.0 Å². The number of carbonyl (C=O) groups excluding carboxylic acids is 2. The molecule has 3 fully saturated rings. The molecule has 15 heteroatoms. The fraction of sp³-hybridized carbons (Fsp3) is 0.946. The van der Waals surface area contributed by atoms with Crippen molar-refractivity contribution in [1.82, 2.24) is 10.6 Å². The van der Waals surface area contributed by atoms with Crippen molar-refractivity contribution >= 4 is 11.9 Å². The van der Waals surface area contributed by atoms with Gasteiger partial charge in [0.1, 0.15) is 30.0 Å². The van der Waals surface area contributed by atoms with Gasteiger partial charge in [-0.15, -0.1) is 0 Å². The Morgan fingerprint density at radius 3 is 2.08 bits per heavy atom. The van der Waals surface area contributed by atoms with E-state index in [-0.39, 0.29) is 31.4 Å². The van der Waals surface area contributed by atoms with Crippen LogP contribution in [0.3, 0.4) is 0 Å². The van der Waals surface area contributed by atoms with E-state index >= 15 is 0 Å². The van der Waals surface area contributed by atoms with Gasteiger partial charge in [0.2, 0.25) is 5.91 Å². The summed E-state index contributed by atoms with van der Waals surface area (Å²) < 4.78 is 43.7. The zero-order valence-electron chi connectivity index (χ0n) is 33.5. The topological polar surface area (TPSA) is 204 Å². The number of nitrogens with one attached hydrogen (secondary N) is 2. The van der Waals surface area contributed by atoms with Gasteiger partial charge in [-0.2, -0.15) is 0 Å². The molecule has 3 aliphatic rings. The van der Waals surface area contributed by atoms with Crippen LogP contribution in [-0.4, -0.2) is 144 Å². The van der Waals surface area contributed by atoms with E-state index < -0.39 is 108 Å². The molecule has 304 valence electrons. The number of aliphatic hydroxyl groups excluding tert-OH is 3. The van der Waals surface area contributed by atoms with Gasteiger partial charge >= 0.3 is 5.97 Å². The van der Waals surface area contributed by atoms with Gasteiger partial charge in [0, 0.05) is 38.5 Å². The summed E-state index contributed by atoms with van der Waals surface area (Å²) in [5.41, 5.74) is -4.23. The van der Waals surface area contributed by atoms with E-state index in [1.54, 1.807) is 55.5 Å². The first kappa shape index (κ1) is 44.9. The number of aliphatic hydroxyl groups is 4. The van der Waals surface area contributed by atoms with Crippen molar-refractivity contribution in [2.45, 2.75) is 185 Å². The third kappa shape index (κ3) is 9.65. The summed E-state index contributed by atoms with van der Waals surface area (Å²) >= 11 is 0. The molecule has 0 aromatic heterocycles. The summed E-state index contributed by atoms with van der Waals surface area (Å²) in [5, 5.41) is 51.2. The summed E-state index contributed by atoms with van der Waals surface area (Å²) in [7, 11) is 4.75. The summed E-state index contributed by atoms with van der Waals surface area (Å²) in [6, 6.07) is -1.26. The highest BCUT2D eigenvalue weighted by Gasteiger charge is 2.53. The Bertz CT molecular complexity index is 1180. The van der Waals surface area contributed by atoms with Gasteiger partial charge in [0.15, 0.2) is 12.6 Å². The van der Waals surface area contributed by atoms with E-state index in [0.717, 1.165) is 0 Å². The number of rotatable bonds is 8. The van der Waals surface area contributed by atoms with Crippen molar-refractivity contribution in [3.8, 4) is 0 Å². The average molecular weight is 749 g/mol. The minimum Gasteiger partial charge on any atom is -0.459 e. The Morgan fingerprint density at radius 1 is 0.904 bits per heavy atom. The molecular formula is C37H68N2O13. The lowest BCUT2D eigenvalue weighted by atomic mass is 9.77. The van der Waals surface area contributed by atoms with Crippen LogP contribution in [0.1, 0.15) is 94.9 Å². The highest BCUT2D eigenvalue weighted by molar-refractivity contribution is 5.78. The highest BCUT2D eigenvalue weighted by Crippen LogP contribution is 2.40. The lowest BCUT2D eigenvalue weighted by Crippen LogP contribution is -2.61. The quantitative estimate of drug-likeness (QED) is 0.194. The second-order valence-electron chi connectivity index (χ2n) is 16.1. The van der Waals surface area contributed by atoms with E-state index in [2.05, 4.69) is 10.6 Å². The molecule has 3 heterocycles. The fourth-order valence-electron chi connectivity index (χ4n) is 8.22. The van der Waals surface area contributed by atoms with Crippen LogP contribution in [0.25, 0.3) is 0 Å². The maximum atomic E-state index is 14.2. The summed E-state index contributed by atoms with van der Waals surface area (Å²) in [6.07, 6.45) is -8.81. The first-order valence-corrected chi connectivity index (χ1v) is 18.8. The average Bonchev–Trinajstić information content (AvgIpc) is 3.09. The number of carbonyl (C=O) groups is 2. The summed E-state index contributed by atoms with van der Waals surface area (Å²) in [5.74, 6) is -3.58. The second kappa shape index (κ2) is 18.0. The molecule has 0 aromatic carbocycles. The molecular weight excluding hydrogens is 680 g/mol. The van der Waals surface area contributed by atoms with Crippen LogP contribution in [0.5, 0.6) is 0 Å². The van der Waals surface area contributed by atoms with Crippen molar-refractivity contribution in [2.75, 3.05) is 21.3 Å². The molecule has 18 atom stereocenters. The standard InChI is InChI=1S/C37H68N2O13/c1-14-25-37(10,45)29(41)22(6)39-32(43)18(2)16-36(9,47-13)31(52-34-27(40)24(38-11)15-19(3)48-34)20(4)28(21(5)33(44)50-25)51-26-17-35(8,46-12)30(42)23(7)49-26/h18-31,34,38,40-42,45H,14-17H2,1-13H3,(H,39,43)/t18-,19-,20+,21-,22+,23+,24+,25-,26+,27-,28+,29-,30+,31-,34+,35-,36-,37-/m1/s1. The normalized spacial score (nSPS) is 49.0. The van der Waals surface area contributed by atoms with E-state index in [4.69, 9.17) is 33.2 Å². The molecule has 3 saturated heterocycles. The van der Waals surface area contributed by atoms with Gasteiger partial charge in [-0.05, 0) is 74.8 Å². The monoisotopic (exact) mass is 748 g/mol. The predicted octanol–water partition coefficient (Wildman–Crippen LogP) is 1.40. The SMILES string of the molecule is CC[C@H]1OC(=O)[C@H](C)[C@@H](O[C@H]2C[C@@](C)(OC)[C@@H](O)[C@H](C)O2)[C@H](C)[C@@H](O[C@@H]2O[C@H](C)C[C@H](NC)[C@H]2O)[C@](C)(OC)C[C@@H](C)C(=O)N[C@@H](C)[C@@H](O)[C@]1(C)O. The summed E-state index contributed by atoms with van der Waals surface area (Å²) in [6.45, 7) is 17.0. The number of hydrogen-bond acceptors (Lipinski definition) is 14. The minimum atomic E-state index is -1.94. The van der Waals surface area contributed by atoms with Crippen molar-refractivity contribution < 1.29 is 63.2 Å². The van der Waals surface area contributed by atoms with E-state index in [1.807, 2.05) is 13.8 Å². The van der Waals surface area contributed by atoms with Crippen molar-refractivity contribution in [3.05, 3.63) is 0 Å². The number of amides is 1. The van der Waals surface area contributed by atoms with Crippen LogP contribution in [-0.2, 0) is 42.7 Å². The van der Waals surface area contributed by atoms with Crippen molar-refractivity contribution in [1.29, 1.82) is 0 Å². The van der Waals surface area contributed by atoms with Crippen LogP contribution >= 0.6 is 0 Å². The van der Waals surface area contributed by atoms with Crippen molar-refractivity contribution in [2.24, 2.45) is 17.8 Å². The first-order valence-electron chi connectivity index (χ1n) is 18.8. The maximum Gasteiger partial charge on any atom is 0.311 e. The third-order valence-corrected chi connectivity index (χ3v) is 11.9. The van der Waals surface area contributed by atoms with E-state index in [0.29, 0.717) is 6.42 Å². The lowest BCUT2D eigenvalue weighted by Gasteiger charge is -2.49. The second-order valence-corrected chi connectivity index (χ2v) is 16.1. The van der Waals surface area contributed by atoms with E-state index in [1.165, 1.54) is 21.1 Å². The molecule has 15 nitrogen and oxygen atoms in total. The molecule has 0 unspecified atom stereocenters. The third-order valence-electron chi connectivity index (χ3n) is 11.9. The number of methoxy groups -OCH3 is 2. The molecule has 0 spiro atoms. The van der Waals surface area contributed by atoms with Gasteiger partial charge < -0.3 is 64.2 Å². The predicted molar refractivity (Wildman–Crippen MR) is 190 cm³/mol. The largest absolute Gasteiger partial charge is 0.459 e. The molecule has 3 rings (SSSR count). The lowest BCUT2D eigenvalue weighted by molar-refractivity contribution is -0.317.